The smallest absolute Gasteiger partial charge is 0.343 e. The van der Waals surface area contributed by atoms with E-state index in [9.17, 15) is 18.3 Å². The molecule has 2 aromatic carbocycles. The van der Waals surface area contributed by atoms with Gasteiger partial charge in [-0.15, -0.1) is 0 Å². The molecule has 0 radical (unpaired) electrons. The molecule has 0 unspecified atom stereocenters. The van der Waals surface area contributed by atoms with E-state index in [0.717, 1.165) is 5.56 Å². The van der Waals surface area contributed by atoms with E-state index in [1.807, 2.05) is 6.92 Å². The van der Waals surface area contributed by atoms with Crippen molar-refractivity contribution < 1.29 is 22.4 Å². The van der Waals surface area contributed by atoms with Crippen LogP contribution in [0.4, 0.5) is 5.69 Å². The zero-order valence-electron chi connectivity index (χ0n) is 16.5. The monoisotopic (exact) mass is 425 g/mol. The molecule has 0 fully saturated rings. The van der Waals surface area contributed by atoms with Gasteiger partial charge in [0.15, 0.2) is 11.5 Å². The minimum Gasteiger partial charge on any atom is -0.507 e. The molecule has 0 atom stereocenters. The molecule has 0 aliphatic heterocycles. The number of fused-ring (bicyclic) bond motifs is 1. The van der Waals surface area contributed by atoms with E-state index in [1.165, 1.54) is 6.92 Å². The summed E-state index contributed by atoms with van der Waals surface area (Å²) >= 11 is 0. The fourth-order valence-electron chi connectivity index (χ4n) is 3.12. The number of hydrogen-bond donors (Lipinski definition) is 2. The van der Waals surface area contributed by atoms with Gasteiger partial charge in [0, 0.05) is 16.6 Å². The van der Waals surface area contributed by atoms with Gasteiger partial charge >= 0.3 is 5.63 Å². The molecule has 8 heteroatoms. The molecule has 0 bridgehead atoms. The molecule has 4 rings (SSSR count). The highest BCUT2D eigenvalue weighted by atomic mass is 32.2. The van der Waals surface area contributed by atoms with Crippen molar-refractivity contribution >= 4 is 26.7 Å². The fraction of sp³-hybridized carbons (Fsp3) is 0.136. The first kappa shape index (κ1) is 19.8. The summed E-state index contributed by atoms with van der Waals surface area (Å²) in [6.45, 7) is 4.98. The summed E-state index contributed by atoms with van der Waals surface area (Å²) in [7, 11) is -3.74. The molecule has 0 aliphatic rings. The molecule has 0 saturated heterocycles. The Bertz CT molecular complexity index is 1430. The van der Waals surface area contributed by atoms with E-state index in [2.05, 4.69) is 4.72 Å². The van der Waals surface area contributed by atoms with Crippen molar-refractivity contribution in [2.24, 2.45) is 0 Å². The summed E-state index contributed by atoms with van der Waals surface area (Å²) in [5.41, 5.74) is 1.66. The molecule has 7 nitrogen and oxygen atoms in total. The van der Waals surface area contributed by atoms with E-state index < -0.39 is 15.6 Å². The molecule has 0 aliphatic carbocycles. The second-order valence-electron chi connectivity index (χ2n) is 7.10. The van der Waals surface area contributed by atoms with Crippen LogP contribution in [0, 0.1) is 20.8 Å². The maximum atomic E-state index is 12.6. The van der Waals surface area contributed by atoms with E-state index in [0.29, 0.717) is 22.2 Å². The van der Waals surface area contributed by atoms with Gasteiger partial charge in [-0.2, -0.15) is 0 Å². The lowest BCUT2D eigenvalue weighted by Crippen LogP contribution is -2.12. The summed E-state index contributed by atoms with van der Waals surface area (Å²) in [5.74, 6) is 0.239. The Morgan fingerprint density at radius 1 is 0.900 bits per heavy atom. The Hall–Kier alpha value is -3.52. The number of benzene rings is 2. The van der Waals surface area contributed by atoms with E-state index in [4.69, 9.17) is 8.83 Å². The SMILES string of the molecule is Cc1ccc(S(=O)(=O)Nc2ccc3oc(-c4oc(=O)c(C)c(O)c4C)cc3c2)cc1. The standard InChI is InChI=1S/C22H19NO6S/c1-12-4-7-17(8-5-12)30(26,27)23-16-6-9-18-15(10-16)11-19(28-18)21-13(2)20(24)14(3)22(25)29-21/h4-11,23-24H,1-3H3. The van der Waals surface area contributed by atoms with Crippen molar-refractivity contribution in [2.45, 2.75) is 25.7 Å². The summed E-state index contributed by atoms with van der Waals surface area (Å²) in [4.78, 5) is 12.1. The summed E-state index contributed by atoms with van der Waals surface area (Å²) < 4.78 is 38.8. The number of anilines is 1. The van der Waals surface area contributed by atoms with Gasteiger partial charge in [0.2, 0.25) is 0 Å². The molecule has 2 aromatic heterocycles. The Morgan fingerprint density at radius 3 is 2.30 bits per heavy atom. The van der Waals surface area contributed by atoms with Crippen LogP contribution in [0.25, 0.3) is 22.5 Å². The van der Waals surface area contributed by atoms with Crippen molar-refractivity contribution in [2.75, 3.05) is 4.72 Å². The minimum atomic E-state index is -3.74. The highest BCUT2D eigenvalue weighted by Crippen LogP contribution is 2.34. The van der Waals surface area contributed by atoms with Crippen molar-refractivity contribution in [3.8, 4) is 17.3 Å². The molecule has 2 N–H and O–H groups in total. The molecule has 154 valence electrons. The van der Waals surface area contributed by atoms with Crippen molar-refractivity contribution in [1.82, 2.24) is 0 Å². The van der Waals surface area contributed by atoms with Crippen LogP contribution in [0.2, 0.25) is 0 Å². The number of furan rings is 1. The third-order valence-corrected chi connectivity index (χ3v) is 6.27. The third-order valence-electron chi connectivity index (χ3n) is 4.88. The number of sulfonamides is 1. The van der Waals surface area contributed by atoms with Gasteiger partial charge < -0.3 is 13.9 Å². The Labute approximate surface area is 172 Å². The van der Waals surface area contributed by atoms with Gasteiger partial charge in [0.1, 0.15) is 11.3 Å². The van der Waals surface area contributed by atoms with Crippen LogP contribution in [0.1, 0.15) is 16.7 Å². The molecule has 30 heavy (non-hydrogen) atoms. The average molecular weight is 425 g/mol. The quantitative estimate of drug-likeness (QED) is 0.499. The lowest BCUT2D eigenvalue weighted by atomic mass is 10.1. The lowest BCUT2D eigenvalue weighted by molar-refractivity contribution is 0.433. The highest BCUT2D eigenvalue weighted by molar-refractivity contribution is 7.92. The molecule has 0 amide bonds. The maximum absolute atomic E-state index is 12.6. The van der Waals surface area contributed by atoms with Gasteiger partial charge in [-0.3, -0.25) is 4.72 Å². The van der Waals surface area contributed by atoms with Crippen LogP contribution in [0.5, 0.6) is 5.75 Å². The average Bonchev–Trinajstić information content (AvgIpc) is 3.12. The van der Waals surface area contributed by atoms with Gasteiger partial charge in [0.25, 0.3) is 10.0 Å². The van der Waals surface area contributed by atoms with Crippen LogP contribution < -0.4 is 10.3 Å². The first-order chi connectivity index (χ1) is 14.2. The number of aromatic hydroxyl groups is 1. The number of aryl methyl sites for hydroxylation is 1. The van der Waals surface area contributed by atoms with Crippen LogP contribution in [0.15, 0.2) is 67.1 Å². The number of nitrogens with one attached hydrogen (secondary N) is 1. The molecular weight excluding hydrogens is 406 g/mol. The molecule has 0 saturated carbocycles. The van der Waals surface area contributed by atoms with E-state index in [1.54, 1.807) is 55.5 Å². The topological polar surface area (TPSA) is 110 Å². The maximum Gasteiger partial charge on any atom is 0.343 e. The summed E-state index contributed by atoms with van der Waals surface area (Å²) in [5, 5.41) is 10.7. The molecule has 4 aromatic rings. The molecular formula is C22H19NO6S. The zero-order chi connectivity index (χ0) is 21.6. The Kier molecular flexibility index (Phi) is 4.66. The second kappa shape index (κ2) is 7.07. The fourth-order valence-corrected chi connectivity index (χ4v) is 4.17. The van der Waals surface area contributed by atoms with E-state index >= 15 is 0 Å². The molecule has 2 heterocycles. The first-order valence-electron chi connectivity index (χ1n) is 9.12. The second-order valence-corrected chi connectivity index (χ2v) is 8.78. The van der Waals surface area contributed by atoms with Crippen LogP contribution in [0.3, 0.4) is 0 Å². The predicted molar refractivity (Wildman–Crippen MR) is 113 cm³/mol. The van der Waals surface area contributed by atoms with E-state index in [-0.39, 0.29) is 27.7 Å². The van der Waals surface area contributed by atoms with Gasteiger partial charge in [-0.1, -0.05) is 17.7 Å². The van der Waals surface area contributed by atoms with Crippen LogP contribution in [-0.4, -0.2) is 13.5 Å². The minimum absolute atomic E-state index is 0.125. The first-order valence-corrected chi connectivity index (χ1v) is 10.6. The summed E-state index contributed by atoms with van der Waals surface area (Å²) in [6.07, 6.45) is 0. The Balaban J connectivity index is 1.72. The summed E-state index contributed by atoms with van der Waals surface area (Å²) in [6, 6.07) is 13.0. The van der Waals surface area contributed by atoms with Gasteiger partial charge in [0.05, 0.1) is 10.5 Å². The zero-order valence-corrected chi connectivity index (χ0v) is 17.3. The van der Waals surface area contributed by atoms with Crippen LogP contribution in [-0.2, 0) is 10.0 Å². The predicted octanol–water partition coefficient (Wildman–Crippen LogP) is 4.48. The molecule has 0 spiro atoms. The lowest BCUT2D eigenvalue weighted by Gasteiger charge is -2.08. The number of hydrogen-bond acceptors (Lipinski definition) is 6. The van der Waals surface area contributed by atoms with Crippen molar-refractivity contribution in [3.05, 3.63) is 75.6 Å². The van der Waals surface area contributed by atoms with Crippen LogP contribution >= 0.6 is 0 Å². The Morgan fingerprint density at radius 2 is 1.60 bits per heavy atom. The third kappa shape index (κ3) is 3.46. The van der Waals surface area contributed by atoms with Crippen molar-refractivity contribution in [3.63, 3.8) is 0 Å². The largest absolute Gasteiger partial charge is 0.507 e. The van der Waals surface area contributed by atoms with Crippen molar-refractivity contribution in [1.29, 1.82) is 0 Å². The van der Waals surface area contributed by atoms with Gasteiger partial charge in [-0.25, -0.2) is 13.2 Å². The highest BCUT2D eigenvalue weighted by Gasteiger charge is 2.19. The normalized spacial score (nSPS) is 11.7. The number of rotatable bonds is 4. The van der Waals surface area contributed by atoms with Gasteiger partial charge in [-0.05, 0) is 57.2 Å².